The summed E-state index contributed by atoms with van der Waals surface area (Å²) in [5, 5.41) is 13.6. The summed E-state index contributed by atoms with van der Waals surface area (Å²) in [6.07, 6.45) is 2.65. The van der Waals surface area contributed by atoms with E-state index in [9.17, 15) is 9.59 Å². The second kappa shape index (κ2) is 6.63. The van der Waals surface area contributed by atoms with Crippen molar-refractivity contribution >= 4 is 12.0 Å². The van der Waals surface area contributed by atoms with Crippen LogP contribution in [-0.4, -0.2) is 28.1 Å². The molecule has 0 fully saturated rings. The van der Waals surface area contributed by atoms with Crippen LogP contribution >= 0.6 is 0 Å². The Morgan fingerprint density at radius 3 is 2.72 bits per heavy atom. The number of nitrogens with one attached hydrogen (secondary N) is 2. The minimum Gasteiger partial charge on any atom is -0.480 e. The Morgan fingerprint density at radius 1 is 1.50 bits per heavy atom. The Labute approximate surface area is 105 Å². The van der Waals surface area contributed by atoms with Crippen molar-refractivity contribution < 1.29 is 19.1 Å². The largest absolute Gasteiger partial charge is 0.480 e. The van der Waals surface area contributed by atoms with E-state index >= 15 is 0 Å². The lowest BCUT2D eigenvalue weighted by molar-refractivity contribution is -0.139. The molecule has 18 heavy (non-hydrogen) atoms. The molecule has 0 aliphatic carbocycles. The maximum atomic E-state index is 11.4. The molecule has 1 aromatic rings. The van der Waals surface area contributed by atoms with Gasteiger partial charge in [-0.3, -0.25) is 0 Å². The van der Waals surface area contributed by atoms with Crippen molar-refractivity contribution in [3.63, 3.8) is 0 Å². The van der Waals surface area contributed by atoms with Crippen molar-refractivity contribution in [3.8, 4) is 0 Å². The lowest BCUT2D eigenvalue weighted by atomic mass is 10.2. The molecule has 0 saturated heterocycles. The van der Waals surface area contributed by atoms with Gasteiger partial charge in [-0.15, -0.1) is 0 Å². The number of aliphatic carboxylic acids is 1. The number of hydrogen-bond acceptors (Lipinski definition) is 4. The van der Waals surface area contributed by atoms with Crippen LogP contribution in [0.2, 0.25) is 0 Å². The quantitative estimate of drug-likeness (QED) is 0.700. The Bertz CT molecular complexity index is 416. The molecular formula is C11H17N3O4. The first-order chi connectivity index (χ1) is 8.56. The van der Waals surface area contributed by atoms with E-state index in [1.807, 2.05) is 6.92 Å². The fourth-order valence-corrected chi connectivity index (χ4v) is 1.30. The Hall–Kier alpha value is -2.05. The number of urea groups is 1. The van der Waals surface area contributed by atoms with Crippen LogP contribution in [0.25, 0.3) is 0 Å². The van der Waals surface area contributed by atoms with Gasteiger partial charge in [0.25, 0.3) is 0 Å². The first kappa shape index (κ1) is 14.0. The van der Waals surface area contributed by atoms with Crippen molar-refractivity contribution in [2.24, 2.45) is 0 Å². The summed E-state index contributed by atoms with van der Waals surface area (Å²) >= 11 is 0. The van der Waals surface area contributed by atoms with Gasteiger partial charge in [-0.2, -0.15) is 0 Å². The molecule has 0 radical (unpaired) electrons. The topological polar surface area (TPSA) is 104 Å². The van der Waals surface area contributed by atoms with E-state index in [1.54, 1.807) is 13.1 Å². The Balaban J connectivity index is 2.38. The van der Waals surface area contributed by atoms with Crippen molar-refractivity contribution in [2.45, 2.75) is 39.3 Å². The fourth-order valence-electron chi connectivity index (χ4n) is 1.30. The van der Waals surface area contributed by atoms with Gasteiger partial charge in [-0.1, -0.05) is 13.8 Å². The minimum absolute atomic E-state index is 0.127. The van der Waals surface area contributed by atoms with Crippen molar-refractivity contribution in [3.05, 3.63) is 17.8 Å². The van der Waals surface area contributed by atoms with Crippen molar-refractivity contribution in [1.82, 2.24) is 15.6 Å². The zero-order valence-corrected chi connectivity index (χ0v) is 10.4. The predicted molar refractivity (Wildman–Crippen MR) is 63.0 cm³/mol. The molecule has 0 aliphatic heterocycles. The molecule has 0 unspecified atom stereocenters. The van der Waals surface area contributed by atoms with E-state index < -0.39 is 18.0 Å². The van der Waals surface area contributed by atoms with Gasteiger partial charge < -0.3 is 20.2 Å². The number of carbonyl (C=O) groups excluding carboxylic acids is 1. The maximum Gasteiger partial charge on any atom is 0.326 e. The number of aryl methyl sites for hydroxylation is 1. The highest BCUT2D eigenvalue weighted by Gasteiger charge is 2.17. The summed E-state index contributed by atoms with van der Waals surface area (Å²) in [6.45, 7) is 3.74. The molecule has 2 amide bonds. The third-order valence-corrected chi connectivity index (χ3v) is 2.36. The molecule has 0 saturated carbocycles. The zero-order valence-electron chi connectivity index (χ0n) is 10.4. The van der Waals surface area contributed by atoms with E-state index in [1.165, 1.54) is 0 Å². The molecule has 1 rings (SSSR count). The average molecular weight is 255 g/mol. The molecule has 1 atom stereocenters. The number of aromatic nitrogens is 1. The standard InChI is InChI=1S/C11H17N3O4/c1-3-7-5-12-9(18-7)6-13-11(17)14-8(4-2)10(15)16/h5,8H,3-4,6H2,1-2H3,(H,15,16)(H2,13,14,17)/t8-/m1/s1. The molecular weight excluding hydrogens is 238 g/mol. The van der Waals surface area contributed by atoms with Crippen molar-refractivity contribution in [2.75, 3.05) is 0 Å². The van der Waals surface area contributed by atoms with Crippen molar-refractivity contribution in [1.29, 1.82) is 0 Å². The van der Waals surface area contributed by atoms with E-state index in [-0.39, 0.29) is 6.54 Å². The third kappa shape index (κ3) is 4.08. The van der Waals surface area contributed by atoms with Crippen LogP contribution in [0.5, 0.6) is 0 Å². The summed E-state index contributed by atoms with van der Waals surface area (Å²) in [5.74, 6) is 0.0756. The first-order valence-corrected chi connectivity index (χ1v) is 5.77. The van der Waals surface area contributed by atoms with Gasteiger partial charge in [0, 0.05) is 6.42 Å². The second-order valence-electron chi connectivity index (χ2n) is 3.70. The van der Waals surface area contributed by atoms with Gasteiger partial charge in [0.05, 0.1) is 12.7 Å². The van der Waals surface area contributed by atoms with E-state index in [2.05, 4.69) is 15.6 Å². The van der Waals surface area contributed by atoms with Crippen LogP contribution < -0.4 is 10.6 Å². The lowest BCUT2D eigenvalue weighted by Gasteiger charge is -2.12. The molecule has 100 valence electrons. The van der Waals surface area contributed by atoms with Gasteiger partial charge >= 0.3 is 12.0 Å². The maximum absolute atomic E-state index is 11.4. The van der Waals surface area contributed by atoms with Gasteiger partial charge in [-0.05, 0) is 6.42 Å². The normalized spacial score (nSPS) is 11.9. The minimum atomic E-state index is -1.06. The van der Waals surface area contributed by atoms with Crippen LogP contribution in [0.15, 0.2) is 10.6 Å². The molecule has 3 N–H and O–H groups in total. The first-order valence-electron chi connectivity index (χ1n) is 5.77. The monoisotopic (exact) mass is 255 g/mol. The SMILES string of the molecule is CCc1cnc(CNC(=O)N[C@H](CC)C(=O)O)o1. The van der Waals surface area contributed by atoms with E-state index in [0.29, 0.717) is 12.3 Å². The van der Waals surface area contributed by atoms with Crippen LogP contribution in [0.1, 0.15) is 31.9 Å². The zero-order chi connectivity index (χ0) is 13.5. The molecule has 0 aromatic carbocycles. The van der Waals surface area contributed by atoms with Crippen LogP contribution in [0.4, 0.5) is 4.79 Å². The molecule has 1 heterocycles. The van der Waals surface area contributed by atoms with Crippen LogP contribution in [0.3, 0.4) is 0 Å². The summed E-state index contributed by atoms with van der Waals surface area (Å²) in [7, 11) is 0. The number of rotatable bonds is 6. The number of hydrogen-bond donors (Lipinski definition) is 3. The molecule has 7 heteroatoms. The third-order valence-electron chi connectivity index (χ3n) is 2.36. The highest BCUT2D eigenvalue weighted by atomic mass is 16.4. The number of carbonyl (C=O) groups is 2. The van der Waals surface area contributed by atoms with Gasteiger partial charge in [-0.25, -0.2) is 14.6 Å². The Morgan fingerprint density at radius 2 is 2.22 bits per heavy atom. The molecule has 1 aromatic heterocycles. The Kier molecular flexibility index (Phi) is 5.16. The molecule has 0 bridgehead atoms. The number of amides is 2. The average Bonchev–Trinajstić information content (AvgIpc) is 2.81. The van der Waals surface area contributed by atoms with Gasteiger partial charge in [0.15, 0.2) is 0 Å². The van der Waals surface area contributed by atoms with E-state index in [4.69, 9.17) is 9.52 Å². The number of oxazole rings is 1. The molecule has 0 spiro atoms. The molecule has 7 nitrogen and oxygen atoms in total. The lowest BCUT2D eigenvalue weighted by Crippen LogP contribution is -2.45. The van der Waals surface area contributed by atoms with E-state index in [0.717, 1.165) is 12.2 Å². The van der Waals surface area contributed by atoms with Gasteiger partial charge in [0.2, 0.25) is 5.89 Å². The smallest absolute Gasteiger partial charge is 0.326 e. The predicted octanol–water partition coefficient (Wildman–Crippen LogP) is 0.899. The number of carboxylic acid groups (broad SMARTS) is 1. The summed E-state index contributed by atoms with van der Waals surface area (Å²) in [6, 6.07) is -1.44. The van der Waals surface area contributed by atoms with Gasteiger partial charge in [0.1, 0.15) is 11.8 Å². The summed E-state index contributed by atoms with van der Waals surface area (Å²) in [5.41, 5.74) is 0. The highest BCUT2D eigenvalue weighted by molar-refractivity contribution is 5.82. The number of carboxylic acids is 1. The van der Waals surface area contributed by atoms with Crippen LogP contribution in [-0.2, 0) is 17.8 Å². The van der Waals surface area contributed by atoms with Crippen LogP contribution in [0, 0.1) is 0 Å². The summed E-state index contributed by atoms with van der Waals surface area (Å²) < 4.78 is 5.29. The fraction of sp³-hybridized carbons (Fsp3) is 0.545. The highest BCUT2D eigenvalue weighted by Crippen LogP contribution is 2.03. The number of nitrogens with zero attached hydrogens (tertiary/aromatic N) is 1. The molecule has 0 aliphatic rings. The summed E-state index contributed by atoms with van der Waals surface area (Å²) in [4.78, 5) is 26.1. The second-order valence-corrected chi connectivity index (χ2v) is 3.70.